The molecule has 0 saturated carbocycles. The summed E-state index contributed by atoms with van der Waals surface area (Å²) in [6.07, 6.45) is 0. The molecular weight excluding hydrogens is 243 g/mol. The lowest BCUT2D eigenvalue weighted by molar-refractivity contribution is 0.0744. The normalized spacial score (nSPS) is 20.3. The Bertz CT molecular complexity index is 346. The van der Waals surface area contributed by atoms with Crippen LogP contribution < -0.4 is 5.32 Å². The van der Waals surface area contributed by atoms with Crippen LogP contribution in [0.1, 0.15) is 11.6 Å². The summed E-state index contributed by atoms with van der Waals surface area (Å²) in [5.41, 5.74) is -0.156. The predicted molar refractivity (Wildman–Crippen MR) is 55.1 cm³/mol. The van der Waals surface area contributed by atoms with Gasteiger partial charge in [-0.1, -0.05) is 0 Å². The quantitative estimate of drug-likeness (QED) is 0.828. The zero-order chi connectivity index (χ0) is 10.8. The fraction of sp³-hybridized carbons (Fsp3) is 0.400. The van der Waals surface area contributed by atoms with E-state index in [-0.39, 0.29) is 24.6 Å². The lowest BCUT2D eigenvalue weighted by Gasteiger charge is -2.24. The summed E-state index contributed by atoms with van der Waals surface area (Å²) in [4.78, 5) is 0. The molecule has 0 aliphatic carbocycles. The van der Waals surface area contributed by atoms with Crippen molar-refractivity contribution in [3.05, 3.63) is 35.1 Å². The summed E-state index contributed by atoms with van der Waals surface area (Å²) in [6.45, 7) is 1.24. The number of nitrogens with one attached hydrogen (secondary N) is 1. The highest BCUT2D eigenvalue weighted by Gasteiger charge is 2.23. The van der Waals surface area contributed by atoms with Crippen LogP contribution in [-0.4, -0.2) is 19.8 Å². The van der Waals surface area contributed by atoms with Crippen molar-refractivity contribution >= 4 is 12.4 Å². The molecule has 0 aromatic heterocycles. The molecule has 2 nitrogen and oxygen atoms in total. The van der Waals surface area contributed by atoms with E-state index in [4.69, 9.17) is 4.74 Å². The SMILES string of the molecule is Cl.Fc1cc(F)c([C@H]2COCCN2)c(F)c1. The van der Waals surface area contributed by atoms with E-state index in [0.29, 0.717) is 25.3 Å². The minimum Gasteiger partial charge on any atom is -0.378 e. The van der Waals surface area contributed by atoms with E-state index in [1.54, 1.807) is 0 Å². The van der Waals surface area contributed by atoms with Gasteiger partial charge in [-0.15, -0.1) is 12.4 Å². The Labute approximate surface area is 97.2 Å². The zero-order valence-corrected chi connectivity index (χ0v) is 9.12. The Hall–Kier alpha value is -0.780. The van der Waals surface area contributed by atoms with Crippen molar-refractivity contribution in [2.45, 2.75) is 6.04 Å². The third-order valence-electron chi connectivity index (χ3n) is 2.31. The smallest absolute Gasteiger partial charge is 0.133 e. The number of hydrogen-bond acceptors (Lipinski definition) is 2. The number of ether oxygens (including phenoxy) is 1. The molecule has 1 heterocycles. The first-order valence-corrected chi connectivity index (χ1v) is 4.64. The molecule has 1 saturated heterocycles. The monoisotopic (exact) mass is 253 g/mol. The van der Waals surface area contributed by atoms with Crippen LogP contribution in [-0.2, 0) is 4.74 Å². The maximum absolute atomic E-state index is 13.3. The highest BCUT2D eigenvalue weighted by atomic mass is 35.5. The van der Waals surface area contributed by atoms with Crippen LogP contribution in [0.4, 0.5) is 13.2 Å². The van der Waals surface area contributed by atoms with Crippen LogP contribution in [0.15, 0.2) is 12.1 Å². The maximum Gasteiger partial charge on any atom is 0.133 e. The first-order valence-electron chi connectivity index (χ1n) is 4.64. The summed E-state index contributed by atoms with van der Waals surface area (Å²) in [5.74, 6) is -2.67. The van der Waals surface area contributed by atoms with Crippen LogP contribution in [0.5, 0.6) is 0 Å². The molecule has 0 amide bonds. The van der Waals surface area contributed by atoms with Crippen LogP contribution >= 0.6 is 12.4 Å². The van der Waals surface area contributed by atoms with Gasteiger partial charge in [0.25, 0.3) is 0 Å². The fourth-order valence-electron chi connectivity index (χ4n) is 1.64. The van der Waals surface area contributed by atoms with Gasteiger partial charge in [0, 0.05) is 24.2 Å². The average molecular weight is 254 g/mol. The third-order valence-corrected chi connectivity index (χ3v) is 2.31. The van der Waals surface area contributed by atoms with E-state index in [9.17, 15) is 13.2 Å². The van der Waals surface area contributed by atoms with Crippen molar-refractivity contribution in [3.8, 4) is 0 Å². The molecule has 0 bridgehead atoms. The van der Waals surface area contributed by atoms with Crippen molar-refractivity contribution in [2.75, 3.05) is 19.8 Å². The second-order valence-corrected chi connectivity index (χ2v) is 3.36. The molecule has 16 heavy (non-hydrogen) atoms. The first-order chi connectivity index (χ1) is 7.18. The second kappa shape index (κ2) is 5.52. The number of morpholine rings is 1. The van der Waals surface area contributed by atoms with Gasteiger partial charge in [-0.05, 0) is 0 Å². The van der Waals surface area contributed by atoms with Crippen LogP contribution in [0.3, 0.4) is 0 Å². The highest BCUT2D eigenvalue weighted by molar-refractivity contribution is 5.85. The van der Waals surface area contributed by atoms with E-state index >= 15 is 0 Å². The van der Waals surface area contributed by atoms with E-state index in [2.05, 4.69) is 5.32 Å². The van der Waals surface area contributed by atoms with Crippen molar-refractivity contribution < 1.29 is 17.9 Å². The van der Waals surface area contributed by atoms with Crippen LogP contribution in [0.25, 0.3) is 0 Å². The zero-order valence-electron chi connectivity index (χ0n) is 8.30. The van der Waals surface area contributed by atoms with Crippen LogP contribution in [0, 0.1) is 17.5 Å². The lowest BCUT2D eigenvalue weighted by atomic mass is 10.1. The van der Waals surface area contributed by atoms with Gasteiger partial charge in [-0.3, -0.25) is 0 Å². The van der Waals surface area contributed by atoms with E-state index in [0.717, 1.165) is 0 Å². The Balaban J connectivity index is 0.00000128. The van der Waals surface area contributed by atoms with Gasteiger partial charge >= 0.3 is 0 Å². The lowest BCUT2D eigenvalue weighted by Crippen LogP contribution is -2.35. The summed E-state index contributed by atoms with van der Waals surface area (Å²) >= 11 is 0. The van der Waals surface area contributed by atoms with Crippen molar-refractivity contribution in [2.24, 2.45) is 0 Å². The Kier molecular flexibility index (Phi) is 4.58. The number of halogens is 4. The van der Waals surface area contributed by atoms with Gasteiger partial charge in [0.15, 0.2) is 0 Å². The van der Waals surface area contributed by atoms with Gasteiger partial charge < -0.3 is 10.1 Å². The molecule has 1 aromatic carbocycles. The standard InChI is InChI=1S/C10H10F3NO.ClH/c11-6-3-7(12)10(8(13)4-6)9-5-15-2-1-14-9;/h3-4,9,14H,1-2,5H2;1H/t9-;/m1./s1. The largest absolute Gasteiger partial charge is 0.378 e. The minimum atomic E-state index is -0.912. The van der Waals surface area contributed by atoms with E-state index < -0.39 is 23.5 Å². The van der Waals surface area contributed by atoms with E-state index in [1.807, 2.05) is 0 Å². The molecule has 1 aliphatic rings. The predicted octanol–water partition coefficient (Wildman–Crippen LogP) is 2.19. The minimum absolute atomic E-state index is 0. The molecule has 2 rings (SSSR count). The van der Waals surface area contributed by atoms with Gasteiger partial charge in [0.05, 0.1) is 19.3 Å². The first kappa shape index (κ1) is 13.3. The molecule has 1 atom stereocenters. The second-order valence-electron chi connectivity index (χ2n) is 3.36. The molecule has 1 aliphatic heterocycles. The summed E-state index contributed by atoms with van der Waals surface area (Å²) in [7, 11) is 0. The maximum atomic E-state index is 13.3. The summed E-state index contributed by atoms with van der Waals surface area (Å²) in [6, 6.07) is 0.808. The van der Waals surface area contributed by atoms with Gasteiger partial charge in [0.1, 0.15) is 17.5 Å². The molecule has 90 valence electrons. The Morgan fingerprint density at radius 3 is 2.31 bits per heavy atom. The summed E-state index contributed by atoms with van der Waals surface area (Å²) < 4.78 is 44.4. The third kappa shape index (κ3) is 2.66. The number of rotatable bonds is 1. The number of benzene rings is 1. The van der Waals surface area contributed by atoms with Crippen molar-refractivity contribution in [3.63, 3.8) is 0 Å². The van der Waals surface area contributed by atoms with Crippen molar-refractivity contribution in [1.82, 2.24) is 5.32 Å². The number of hydrogen-bond donors (Lipinski definition) is 1. The van der Waals surface area contributed by atoms with Gasteiger partial charge in [-0.25, -0.2) is 13.2 Å². The topological polar surface area (TPSA) is 21.3 Å². The van der Waals surface area contributed by atoms with Gasteiger partial charge in [0.2, 0.25) is 0 Å². The molecule has 0 radical (unpaired) electrons. The fourth-order valence-corrected chi connectivity index (χ4v) is 1.64. The molecular formula is C10H11ClF3NO. The molecule has 0 unspecified atom stereocenters. The van der Waals surface area contributed by atoms with Crippen LogP contribution in [0.2, 0.25) is 0 Å². The molecule has 6 heteroatoms. The molecule has 0 spiro atoms. The van der Waals surface area contributed by atoms with E-state index in [1.165, 1.54) is 0 Å². The Morgan fingerprint density at radius 2 is 1.81 bits per heavy atom. The highest BCUT2D eigenvalue weighted by Crippen LogP contribution is 2.23. The molecule has 1 fully saturated rings. The van der Waals surface area contributed by atoms with Crippen molar-refractivity contribution in [1.29, 1.82) is 0 Å². The average Bonchev–Trinajstić information content (AvgIpc) is 2.17. The Morgan fingerprint density at radius 1 is 1.19 bits per heavy atom. The summed E-state index contributed by atoms with van der Waals surface area (Å²) in [5, 5.41) is 2.91. The molecule has 1 N–H and O–H groups in total. The molecule has 1 aromatic rings. The van der Waals surface area contributed by atoms with Gasteiger partial charge in [-0.2, -0.15) is 0 Å².